The first-order valence-electron chi connectivity index (χ1n) is 9.07. The molecule has 1 aromatic heterocycles. The van der Waals surface area contributed by atoms with Crippen molar-refractivity contribution < 1.29 is 0 Å². The van der Waals surface area contributed by atoms with Crippen molar-refractivity contribution in [3.05, 3.63) is 63.4 Å². The van der Waals surface area contributed by atoms with Gasteiger partial charge in [0, 0.05) is 6.20 Å². The Labute approximate surface area is 155 Å². The smallest absolute Gasteiger partial charge is 0.147 e. The summed E-state index contributed by atoms with van der Waals surface area (Å²) in [6, 6.07) is 11.3. The van der Waals surface area contributed by atoms with Crippen LogP contribution in [0.2, 0.25) is 10.2 Å². The first-order valence-corrected chi connectivity index (χ1v) is 9.82. The number of unbranched alkanes of at least 4 members (excludes halogenated alkanes) is 1. The van der Waals surface area contributed by atoms with Gasteiger partial charge in [-0.3, -0.25) is 0 Å². The molecular weight excluding hydrogens is 337 g/mol. The molecule has 2 aromatic rings. The molecule has 0 saturated heterocycles. The van der Waals surface area contributed by atoms with E-state index in [-0.39, 0.29) is 0 Å². The predicted octanol–water partition coefficient (Wildman–Crippen LogP) is 7.17. The summed E-state index contributed by atoms with van der Waals surface area (Å²) in [5, 5.41) is 0.969. The van der Waals surface area contributed by atoms with Gasteiger partial charge in [0.15, 0.2) is 0 Å². The van der Waals surface area contributed by atoms with Crippen molar-refractivity contribution in [2.45, 2.75) is 63.7 Å². The zero-order valence-electron chi connectivity index (χ0n) is 14.3. The molecule has 0 atom stereocenters. The molecule has 0 unspecified atom stereocenters. The Balaban J connectivity index is 1.59. The average Bonchev–Trinajstić information content (AvgIpc) is 2.63. The van der Waals surface area contributed by atoms with E-state index in [0.29, 0.717) is 22.0 Å². The lowest BCUT2D eigenvalue weighted by Gasteiger charge is -2.29. The monoisotopic (exact) mass is 361 g/mol. The molecule has 24 heavy (non-hydrogen) atoms. The summed E-state index contributed by atoms with van der Waals surface area (Å²) in [5.41, 5.74) is 4.20. The molecule has 0 amide bonds. The van der Waals surface area contributed by atoms with Crippen molar-refractivity contribution in [3.63, 3.8) is 0 Å². The van der Waals surface area contributed by atoms with E-state index in [9.17, 15) is 0 Å². The van der Waals surface area contributed by atoms with E-state index in [0.717, 1.165) is 0 Å². The maximum atomic E-state index is 6.11. The molecule has 3 rings (SSSR count). The van der Waals surface area contributed by atoms with Gasteiger partial charge in [0.05, 0.1) is 5.02 Å². The topological polar surface area (TPSA) is 12.9 Å². The molecule has 3 heteroatoms. The maximum absolute atomic E-state index is 6.11. The highest BCUT2D eigenvalue weighted by atomic mass is 35.5. The van der Waals surface area contributed by atoms with Crippen molar-refractivity contribution in [2.24, 2.45) is 0 Å². The number of pyridine rings is 1. The summed E-state index contributed by atoms with van der Waals surface area (Å²) in [6.07, 6.45) is 10.5. The van der Waals surface area contributed by atoms with Gasteiger partial charge in [0.2, 0.25) is 0 Å². The van der Waals surface area contributed by atoms with Crippen LogP contribution in [0.1, 0.15) is 74.0 Å². The molecule has 1 aliphatic rings. The van der Waals surface area contributed by atoms with Crippen LogP contribution in [-0.2, 0) is 6.42 Å². The van der Waals surface area contributed by atoms with Crippen LogP contribution in [-0.4, -0.2) is 4.98 Å². The molecular formula is C21H25Cl2N. The van der Waals surface area contributed by atoms with Gasteiger partial charge in [-0.25, -0.2) is 4.98 Å². The summed E-state index contributed by atoms with van der Waals surface area (Å²) in [6.45, 7) is 2.25. The molecule has 1 fully saturated rings. The number of benzene rings is 1. The third-order valence-corrected chi connectivity index (χ3v) is 5.97. The lowest BCUT2D eigenvalue weighted by molar-refractivity contribution is 0.396. The van der Waals surface area contributed by atoms with Gasteiger partial charge >= 0.3 is 0 Å². The first kappa shape index (κ1) is 17.8. The number of hydrogen-bond acceptors (Lipinski definition) is 1. The number of aryl methyl sites for hydroxylation is 1. The van der Waals surface area contributed by atoms with Crippen LogP contribution in [0.25, 0.3) is 0 Å². The number of halogens is 2. The zero-order chi connectivity index (χ0) is 16.9. The lowest BCUT2D eigenvalue weighted by Crippen LogP contribution is -2.12. The second-order valence-corrected chi connectivity index (χ2v) is 7.70. The summed E-state index contributed by atoms with van der Waals surface area (Å²) < 4.78 is 0. The summed E-state index contributed by atoms with van der Waals surface area (Å²) >= 11 is 12.0. The Morgan fingerprint density at radius 3 is 2.17 bits per heavy atom. The van der Waals surface area contributed by atoms with E-state index < -0.39 is 0 Å². The third kappa shape index (κ3) is 4.32. The van der Waals surface area contributed by atoms with Crippen molar-refractivity contribution in [1.82, 2.24) is 4.98 Å². The van der Waals surface area contributed by atoms with Crippen molar-refractivity contribution in [2.75, 3.05) is 0 Å². The molecule has 1 saturated carbocycles. The Kier molecular flexibility index (Phi) is 6.19. The fourth-order valence-corrected chi connectivity index (χ4v) is 4.03. The fourth-order valence-electron chi connectivity index (χ4n) is 3.76. The van der Waals surface area contributed by atoms with Crippen molar-refractivity contribution >= 4 is 23.2 Å². The van der Waals surface area contributed by atoms with Gasteiger partial charge in [0.25, 0.3) is 0 Å². The van der Waals surface area contributed by atoms with Crippen LogP contribution in [0.5, 0.6) is 0 Å². The standard InChI is InChI=1S/C21H25Cl2N/c1-2-3-4-15-5-7-16(8-6-15)17-9-11-18(12-10-17)19-13-20(22)21(23)24-14-19/h5-8,13-14,17-18H,2-4,9-12H2,1H3. The summed E-state index contributed by atoms with van der Waals surface area (Å²) in [5.74, 6) is 1.25. The Bertz CT molecular complexity index is 658. The highest BCUT2D eigenvalue weighted by molar-refractivity contribution is 6.41. The van der Waals surface area contributed by atoms with Crippen molar-refractivity contribution in [1.29, 1.82) is 0 Å². The van der Waals surface area contributed by atoms with Crippen LogP contribution in [0.4, 0.5) is 0 Å². The van der Waals surface area contributed by atoms with Crippen LogP contribution in [0.3, 0.4) is 0 Å². The number of rotatable bonds is 5. The normalized spacial score (nSPS) is 21.0. The number of aromatic nitrogens is 1. The highest BCUT2D eigenvalue weighted by Gasteiger charge is 2.24. The highest BCUT2D eigenvalue weighted by Crippen LogP contribution is 2.41. The van der Waals surface area contributed by atoms with E-state index in [1.807, 2.05) is 12.3 Å². The largest absolute Gasteiger partial charge is 0.243 e. The molecule has 1 aromatic carbocycles. The number of nitrogens with zero attached hydrogens (tertiary/aromatic N) is 1. The molecule has 0 spiro atoms. The van der Waals surface area contributed by atoms with Crippen LogP contribution in [0, 0.1) is 0 Å². The van der Waals surface area contributed by atoms with E-state index in [1.165, 1.54) is 61.6 Å². The Morgan fingerprint density at radius 1 is 0.958 bits per heavy atom. The second-order valence-electron chi connectivity index (χ2n) is 6.93. The molecule has 1 aliphatic carbocycles. The molecule has 0 N–H and O–H groups in total. The van der Waals surface area contributed by atoms with E-state index >= 15 is 0 Å². The lowest BCUT2D eigenvalue weighted by atomic mass is 9.76. The Morgan fingerprint density at radius 2 is 1.58 bits per heavy atom. The molecule has 1 heterocycles. The minimum absolute atomic E-state index is 0.400. The molecule has 0 aliphatic heterocycles. The fraction of sp³-hybridized carbons (Fsp3) is 0.476. The van der Waals surface area contributed by atoms with E-state index in [4.69, 9.17) is 23.2 Å². The van der Waals surface area contributed by atoms with Crippen LogP contribution in [0.15, 0.2) is 36.5 Å². The average molecular weight is 362 g/mol. The zero-order valence-corrected chi connectivity index (χ0v) is 15.8. The Hall–Kier alpha value is -1.05. The van der Waals surface area contributed by atoms with Gasteiger partial charge < -0.3 is 0 Å². The SMILES string of the molecule is CCCCc1ccc(C2CCC(c3cnc(Cl)c(Cl)c3)CC2)cc1. The second kappa shape index (κ2) is 8.36. The first-order chi connectivity index (χ1) is 11.7. The van der Waals surface area contributed by atoms with Gasteiger partial charge in [-0.15, -0.1) is 0 Å². The summed E-state index contributed by atoms with van der Waals surface area (Å²) in [4.78, 5) is 4.20. The maximum Gasteiger partial charge on any atom is 0.147 e. The minimum Gasteiger partial charge on any atom is -0.243 e. The van der Waals surface area contributed by atoms with Gasteiger partial charge in [-0.1, -0.05) is 60.8 Å². The van der Waals surface area contributed by atoms with Crippen LogP contribution < -0.4 is 0 Å². The third-order valence-electron chi connectivity index (χ3n) is 5.29. The molecule has 128 valence electrons. The summed E-state index contributed by atoms with van der Waals surface area (Å²) in [7, 11) is 0. The number of hydrogen-bond donors (Lipinski definition) is 0. The minimum atomic E-state index is 0.400. The van der Waals surface area contributed by atoms with E-state index in [2.05, 4.69) is 36.2 Å². The predicted molar refractivity (Wildman–Crippen MR) is 103 cm³/mol. The molecule has 1 nitrogen and oxygen atoms in total. The van der Waals surface area contributed by atoms with Gasteiger partial charge in [-0.05, 0) is 73.1 Å². The van der Waals surface area contributed by atoms with Gasteiger partial charge in [-0.2, -0.15) is 0 Å². The molecule has 0 bridgehead atoms. The van der Waals surface area contributed by atoms with E-state index in [1.54, 1.807) is 0 Å². The van der Waals surface area contributed by atoms with Gasteiger partial charge in [0.1, 0.15) is 5.15 Å². The molecule has 0 radical (unpaired) electrons. The van der Waals surface area contributed by atoms with Crippen LogP contribution >= 0.6 is 23.2 Å². The van der Waals surface area contributed by atoms with Crippen molar-refractivity contribution in [3.8, 4) is 0 Å². The quantitative estimate of drug-likeness (QED) is 0.514.